The number of amides is 1. The van der Waals surface area contributed by atoms with Crippen molar-refractivity contribution >= 4 is 29.3 Å². The number of carbonyl (C=O) groups excluding carboxylic acids is 1. The first kappa shape index (κ1) is 21.1. The number of aryl methyl sites for hydroxylation is 1. The molecule has 0 aliphatic heterocycles. The van der Waals surface area contributed by atoms with Crippen molar-refractivity contribution in [3.63, 3.8) is 0 Å². The van der Waals surface area contributed by atoms with Gasteiger partial charge in [-0.1, -0.05) is 41.6 Å². The monoisotopic (exact) mass is 435 g/mol. The summed E-state index contributed by atoms with van der Waals surface area (Å²) < 4.78 is 25.0. The molecule has 1 heterocycles. The Hall–Kier alpha value is -2.58. The second-order valence-electron chi connectivity index (χ2n) is 6.31. The lowest BCUT2D eigenvalue weighted by Crippen LogP contribution is -2.28. The second kappa shape index (κ2) is 9.76. The zero-order chi connectivity index (χ0) is 20.8. The van der Waals surface area contributed by atoms with Crippen LogP contribution in [0.5, 0.6) is 5.75 Å². The van der Waals surface area contributed by atoms with Crippen LogP contribution in [0.15, 0.2) is 52.1 Å². The molecule has 0 atom stereocenters. The Kier molecular flexibility index (Phi) is 7.11. The molecule has 0 aliphatic rings. The Balaban J connectivity index is 1.49. The molecule has 3 aromatic rings. The van der Waals surface area contributed by atoms with E-state index in [2.05, 4.69) is 10.2 Å². The van der Waals surface area contributed by atoms with Gasteiger partial charge in [0.1, 0.15) is 11.6 Å². The molecule has 2 aromatic carbocycles. The number of benzene rings is 2. The summed E-state index contributed by atoms with van der Waals surface area (Å²) in [6.07, 6.45) is 0. The van der Waals surface area contributed by atoms with Crippen LogP contribution in [0.4, 0.5) is 4.39 Å². The number of carbonyl (C=O) groups is 1. The molecule has 0 saturated carbocycles. The summed E-state index contributed by atoms with van der Waals surface area (Å²) in [5, 5.41) is 8.36. The van der Waals surface area contributed by atoms with Crippen LogP contribution in [0.25, 0.3) is 0 Å². The van der Waals surface area contributed by atoms with E-state index >= 15 is 0 Å². The van der Waals surface area contributed by atoms with E-state index in [0.29, 0.717) is 11.6 Å². The summed E-state index contributed by atoms with van der Waals surface area (Å²) in [4.78, 5) is 13.7. The zero-order valence-corrected chi connectivity index (χ0v) is 17.5. The van der Waals surface area contributed by atoms with E-state index in [1.807, 2.05) is 31.2 Å². The van der Waals surface area contributed by atoms with Crippen LogP contribution in [0.1, 0.15) is 17.0 Å². The first-order chi connectivity index (χ1) is 13.9. The van der Waals surface area contributed by atoms with E-state index in [1.54, 1.807) is 13.1 Å². The van der Waals surface area contributed by atoms with E-state index in [1.165, 1.54) is 17.0 Å². The molecule has 3 rings (SSSR count). The SMILES string of the molecule is Cc1cccc(OCc2nnc(SCC(=O)N(C)Cc3c(F)cccc3Cl)o2)c1. The molecule has 0 radical (unpaired) electrons. The molecular formula is C20H19ClFN3O3S. The summed E-state index contributed by atoms with van der Waals surface area (Å²) in [5.41, 5.74) is 1.37. The Morgan fingerprint density at radius 1 is 1.28 bits per heavy atom. The maximum atomic E-state index is 13.9. The summed E-state index contributed by atoms with van der Waals surface area (Å²) in [7, 11) is 1.58. The number of thioether (sulfide) groups is 1. The van der Waals surface area contributed by atoms with Crippen molar-refractivity contribution in [2.45, 2.75) is 25.3 Å². The molecule has 0 spiro atoms. The fraction of sp³-hybridized carbons (Fsp3) is 0.250. The number of aromatic nitrogens is 2. The van der Waals surface area contributed by atoms with Gasteiger partial charge in [0.2, 0.25) is 5.91 Å². The van der Waals surface area contributed by atoms with Gasteiger partial charge in [-0.15, -0.1) is 10.2 Å². The molecule has 0 saturated heterocycles. The van der Waals surface area contributed by atoms with Gasteiger partial charge in [0.25, 0.3) is 11.1 Å². The smallest absolute Gasteiger partial charge is 0.277 e. The second-order valence-corrected chi connectivity index (χ2v) is 7.64. The third-order valence-electron chi connectivity index (χ3n) is 4.00. The van der Waals surface area contributed by atoms with Crippen LogP contribution in [0.2, 0.25) is 5.02 Å². The van der Waals surface area contributed by atoms with E-state index < -0.39 is 5.82 Å². The molecule has 1 amide bonds. The topological polar surface area (TPSA) is 68.5 Å². The molecule has 6 nitrogen and oxygen atoms in total. The van der Waals surface area contributed by atoms with Crippen LogP contribution in [-0.2, 0) is 17.9 Å². The third-order valence-corrected chi connectivity index (χ3v) is 5.16. The van der Waals surface area contributed by atoms with Gasteiger partial charge in [-0.25, -0.2) is 4.39 Å². The number of rotatable bonds is 8. The summed E-state index contributed by atoms with van der Waals surface area (Å²) in [5.74, 6) is 0.433. The molecule has 1 aromatic heterocycles. The van der Waals surface area contributed by atoms with Crippen LogP contribution >= 0.6 is 23.4 Å². The molecule has 0 aliphatic carbocycles. The van der Waals surface area contributed by atoms with E-state index in [0.717, 1.165) is 17.3 Å². The molecular weight excluding hydrogens is 417 g/mol. The van der Waals surface area contributed by atoms with Crippen molar-refractivity contribution in [3.05, 3.63) is 70.3 Å². The first-order valence-electron chi connectivity index (χ1n) is 8.74. The van der Waals surface area contributed by atoms with Gasteiger partial charge >= 0.3 is 0 Å². The molecule has 9 heteroatoms. The Bertz CT molecular complexity index is 978. The predicted octanol–water partition coefficient (Wildman–Crippen LogP) is 4.50. The van der Waals surface area contributed by atoms with Crippen LogP contribution in [-0.4, -0.2) is 33.8 Å². The average Bonchev–Trinajstić information content (AvgIpc) is 3.15. The van der Waals surface area contributed by atoms with Crippen LogP contribution in [0.3, 0.4) is 0 Å². The highest BCUT2D eigenvalue weighted by Gasteiger charge is 2.16. The molecule has 0 N–H and O–H groups in total. The lowest BCUT2D eigenvalue weighted by molar-refractivity contribution is -0.127. The van der Waals surface area contributed by atoms with Gasteiger partial charge in [-0.2, -0.15) is 0 Å². The minimum absolute atomic E-state index is 0.0724. The molecule has 0 fully saturated rings. The van der Waals surface area contributed by atoms with Crippen LogP contribution in [0, 0.1) is 12.7 Å². The van der Waals surface area contributed by atoms with Crippen molar-refractivity contribution in [2.24, 2.45) is 0 Å². The average molecular weight is 436 g/mol. The largest absolute Gasteiger partial charge is 0.484 e. The minimum Gasteiger partial charge on any atom is -0.484 e. The maximum Gasteiger partial charge on any atom is 0.277 e. The van der Waals surface area contributed by atoms with E-state index in [9.17, 15) is 9.18 Å². The van der Waals surface area contributed by atoms with E-state index in [4.69, 9.17) is 20.8 Å². The van der Waals surface area contributed by atoms with Gasteiger partial charge in [0.05, 0.1) is 5.75 Å². The van der Waals surface area contributed by atoms with Gasteiger partial charge < -0.3 is 14.1 Å². The summed E-state index contributed by atoms with van der Waals surface area (Å²) in [6, 6.07) is 12.0. The van der Waals surface area contributed by atoms with Crippen molar-refractivity contribution in [2.75, 3.05) is 12.8 Å². The summed E-state index contributed by atoms with van der Waals surface area (Å²) >= 11 is 7.12. The number of halogens is 2. The minimum atomic E-state index is -0.444. The van der Waals surface area contributed by atoms with Crippen molar-refractivity contribution in [1.82, 2.24) is 15.1 Å². The standard InChI is InChI=1S/C20H19ClFN3O3S/c1-13-5-3-6-14(9-13)27-11-18-23-24-20(28-18)29-12-19(26)25(2)10-15-16(21)7-4-8-17(15)22/h3-9H,10-12H2,1-2H3. The zero-order valence-electron chi connectivity index (χ0n) is 15.9. The van der Waals surface area contributed by atoms with Gasteiger partial charge in [0, 0.05) is 24.2 Å². The molecule has 29 heavy (non-hydrogen) atoms. The normalized spacial score (nSPS) is 10.8. The van der Waals surface area contributed by atoms with Gasteiger partial charge in [-0.05, 0) is 36.8 Å². The highest BCUT2D eigenvalue weighted by atomic mass is 35.5. The van der Waals surface area contributed by atoms with Gasteiger partial charge in [0.15, 0.2) is 6.61 Å². The first-order valence-corrected chi connectivity index (χ1v) is 10.1. The highest BCUT2D eigenvalue weighted by Crippen LogP contribution is 2.22. The van der Waals surface area contributed by atoms with Crippen molar-refractivity contribution < 1.29 is 18.3 Å². The number of nitrogens with zero attached hydrogens (tertiary/aromatic N) is 3. The third kappa shape index (κ3) is 5.95. The van der Waals surface area contributed by atoms with Crippen LogP contribution < -0.4 is 4.74 Å². The highest BCUT2D eigenvalue weighted by molar-refractivity contribution is 7.99. The Labute approximate surface area is 177 Å². The predicted molar refractivity (Wildman–Crippen MR) is 108 cm³/mol. The Morgan fingerprint density at radius 3 is 2.83 bits per heavy atom. The van der Waals surface area contributed by atoms with Gasteiger partial charge in [-0.3, -0.25) is 4.79 Å². The lowest BCUT2D eigenvalue weighted by Gasteiger charge is -2.17. The number of ether oxygens (including phenoxy) is 1. The summed E-state index contributed by atoms with van der Waals surface area (Å²) in [6.45, 7) is 2.18. The number of hydrogen-bond donors (Lipinski definition) is 0. The number of hydrogen-bond acceptors (Lipinski definition) is 6. The van der Waals surface area contributed by atoms with Crippen molar-refractivity contribution in [3.8, 4) is 5.75 Å². The van der Waals surface area contributed by atoms with E-state index in [-0.39, 0.29) is 40.6 Å². The Morgan fingerprint density at radius 2 is 2.07 bits per heavy atom. The molecule has 0 bridgehead atoms. The fourth-order valence-electron chi connectivity index (χ4n) is 2.45. The maximum absolute atomic E-state index is 13.9. The van der Waals surface area contributed by atoms with Crippen molar-refractivity contribution in [1.29, 1.82) is 0 Å². The molecule has 0 unspecified atom stereocenters. The quantitative estimate of drug-likeness (QED) is 0.485. The molecule has 152 valence electrons. The lowest BCUT2D eigenvalue weighted by atomic mass is 10.2. The fourth-order valence-corrected chi connectivity index (χ4v) is 3.39.